The number of nitrogens with zero attached hydrogens (tertiary/aromatic N) is 1. The van der Waals surface area contributed by atoms with E-state index in [-0.39, 0.29) is 24.0 Å². The lowest BCUT2D eigenvalue weighted by atomic mass is 9.89. The highest BCUT2D eigenvalue weighted by atomic mass is 32.2. The molecule has 1 amide bonds. The Morgan fingerprint density at radius 1 is 1.09 bits per heavy atom. The quantitative estimate of drug-likeness (QED) is 0.387. The zero-order valence-electron chi connectivity index (χ0n) is 20.6. The summed E-state index contributed by atoms with van der Waals surface area (Å²) in [6.07, 6.45) is 8.99. The van der Waals surface area contributed by atoms with Crippen molar-refractivity contribution in [2.75, 3.05) is 24.8 Å². The Kier molecular flexibility index (Phi) is 9.64. The zero-order chi connectivity index (χ0) is 25.5. The van der Waals surface area contributed by atoms with E-state index in [1.165, 1.54) is 31.9 Å². The average Bonchev–Trinajstić information content (AvgIpc) is 3.33. The van der Waals surface area contributed by atoms with Gasteiger partial charge in [0.15, 0.2) is 9.84 Å². The molecule has 0 bridgehead atoms. The van der Waals surface area contributed by atoms with E-state index in [0.29, 0.717) is 23.5 Å². The maximum Gasteiger partial charge on any atom is 0.362 e. The topological polar surface area (TPSA) is 112 Å². The van der Waals surface area contributed by atoms with Gasteiger partial charge in [-0.3, -0.25) is 9.36 Å². The van der Waals surface area contributed by atoms with Crippen LogP contribution in [0.25, 0.3) is 0 Å². The second-order valence-corrected chi connectivity index (χ2v) is 12.9. The molecule has 1 atom stereocenters. The molecule has 2 aromatic rings. The van der Waals surface area contributed by atoms with Gasteiger partial charge in [0.1, 0.15) is 5.82 Å². The largest absolute Gasteiger partial charge is 0.362 e. The molecule has 1 fully saturated rings. The van der Waals surface area contributed by atoms with E-state index < -0.39 is 23.4 Å². The molecule has 1 aromatic heterocycles. The Labute approximate surface area is 208 Å². The van der Waals surface area contributed by atoms with E-state index in [1.807, 2.05) is 0 Å². The summed E-state index contributed by atoms with van der Waals surface area (Å²) in [4.78, 5) is 17.8. The van der Waals surface area contributed by atoms with Gasteiger partial charge < -0.3 is 14.4 Å². The third-order valence-corrected chi connectivity index (χ3v) is 9.50. The van der Waals surface area contributed by atoms with Crippen molar-refractivity contribution in [3.63, 3.8) is 0 Å². The van der Waals surface area contributed by atoms with Crippen LogP contribution in [0.15, 0.2) is 47.5 Å². The van der Waals surface area contributed by atoms with Gasteiger partial charge in [0, 0.05) is 12.5 Å². The summed E-state index contributed by atoms with van der Waals surface area (Å²) in [7, 11) is -6.78. The molecule has 10 heteroatoms. The van der Waals surface area contributed by atoms with Gasteiger partial charge in [-0.1, -0.05) is 37.8 Å². The number of anilines is 1. The minimum atomic E-state index is -3.46. The minimum absolute atomic E-state index is 0.215. The summed E-state index contributed by atoms with van der Waals surface area (Å²) < 4.78 is 47.3. The van der Waals surface area contributed by atoms with Crippen LogP contribution in [0.1, 0.15) is 63.9 Å². The molecule has 192 valence electrons. The number of sulfone groups is 1. The maximum atomic E-state index is 13.3. The predicted octanol–water partition coefficient (Wildman–Crippen LogP) is 5.07. The normalized spacial score (nSPS) is 15.7. The van der Waals surface area contributed by atoms with Crippen molar-refractivity contribution in [2.24, 2.45) is 5.92 Å². The van der Waals surface area contributed by atoms with Gasteiger partial charge in [-0.15, -0.1) is 0 Å². The Balaban J connectivity index is 1.78. The molecule has 1 aliphatic carbocycles. The maximum absolute atomic E-state index is 13.3. The first kappa shape index (κ1) is 27.5. The fourth-order valence-electron chi connectivity index (χ4n) is 4.46. The van der Waals surface area contributed by atoms with Gasteiger partial charge in [-0.25, -0.2) is 13.4 Å². The van der Waals surface area contributed by atoms with E-state index in [9.17, 15) is 17.8 Å². The molecule has 1 heterocycles. The molecule has 0 spiro atoms. The Morgan fingerprint density at radius 2 is 1.71 bits per heavy atom. The van der Waals surface area contributed by atoms with Gasteiger partial charge in [0.25, 0.3) is 0 Å². The summed E-state index contributed by atoms with van der Waals surface area (Å²) in [5.74, 6) is 0.290. The first-order valence-electron chi connectivity index (χ1n) is 12.1. The fourth-order valence-corrected chi connectivity index (χ4v) is 6.60. The third-order valence-electron chi connectivity index (χ3n) is 6.28. The van der Waals surface area contributed by atoms with Crippen LogP contribution >= 0.6 is 7.60 Å². The number of carbonyl (C=O) groups is 1. The summed E-state index contributed by atoms with van der Waals surface area (Å²) in [6.45, 7) is 3.94. The number of carbonyl (C=O) groups excluding carboxylic acids is 1. The molecular weight excluding hydrogens is 487 g/mol. The lowest BCUT2D eigenvalue weighted by Crippen LogP contribution is -2.23. The molecule has 1 N–H and O–H groups in total. The molecule has 0 radical (unpaired) electrons. The molecule has 3 rings (SSSR count). The summed E-state index contributed by atoms with van der Waals surface area (Å²) in [5.41, 5.74) is 0.765. The Morgan fingerprint density at radius 3 is 2.23 bits per heavy atom. The third kappa shape index (κ3) is 7.46. The van der Waals surface area contributed by atoms with Crippen LogP contribution in [0, 0.1) is 5.92 Å². The number of benzene rings is 1. The number of hydrogen-bond donors (Lipinski definition) is 1. The van der Waals surface area contributed by atoms with E-state index in [2.05, 4.69) is 10.3 Å². The number of amides is 1. The zero-order valence-corrected chi connectivity index (χ0v) is 22.3. The van der Waals surface area contributed by atoms with Crippen LogP contribution in [0.5, 0.6) is 0 Å². The Hall–Kier alpha value is -2.06. The van der Waals surface area contributed by atoms with Crippen LogP contribution in [-0.4, -0.2) is 38.8 Å². The molecule has 0 saturated heterocycles. The van der Waals surface area contributed by atoms with E-state index >= 15 is 0 Å². The van der Waals surface area contributed by atoms with Crippen molar-refractivity contribution >= 4 is 34.5 Å². The molecule has 1 saturated carbocycles. The van der Waals surface area contributed by atoms with Gasteiger partial charge >= 0.3 is 7.60 Å². The minimum Gasteiger partial charge on any atom is -0.310 e. The molecular formula is C25H35N2O6PS. The van der Waals surface area contributed by atoms with Gasteiger partial charge in [-0.2, -0.15) is 0 Å². The standard InChI is InChI=1S/C25H35N2O6PS/c1-4-32-34(29,33-5-2)21-13-17-24(26-18-21)27-25(28)23(16-10-19-8-6-7-9-19)20-11-14-22(15-12-20)35(3,30)31/h11-15,17-19,23H,4-10,16H2,1-3H3,(H,26,27,28)/t23-/m1/s1. The number of pyridine rings is 1. The van der Waals surface area contributed by atoms with Crippen LogP contribution in [0.4, 0.5) is 5.82 Å². The van der Waals surface area contributed by atoms with Crippen LogP contribution < -0.4 is 10.6 Å². The number of aromatic nitrogens is 1. The Bertz CT molecular complexity index is 1120. The van der Waals surface area contributed by atoms with Crippen LogP contribution in [0.3, 0.4) is 0 Å². The molecule has 35 heavy (non-hydrogen) atoms. The molecule has 0 unspecified atom stereocenters. The van der Waals surface area contributed by atoms with Crippen LogP contribution in [0.2, 0.25) is 0 Å². The van der Waals surface area contributed by atoms with Crippen molar-refractivity contribution in [1.29, 1.82) is 0 Å². The van der Waals surface area contributed by atoms with Crippen molar-refractivity contribution in [1.82, 2.24) is 4.98 Å². The van der Waals surface area contributed by atoms with Crippen molar-refractivity contribution < 1.29 is 26.8 Å². The van der Waals surface area contributed by atoms with Crippen LogP contribution in [-0.2, 0) is 28.2 Å². The fraction of sp³-hybridized carbons (Fsp3) is 0.520. The molecule has 0 aliphatic heterocycles. The summed E-state index contributed by atoms with van der Waals surface area (Å²) >= 11 is 0. The second-order valence-electron chi connectivity index (χ2n) is 8.85. The average molecular weight is 523 g/mol. The van der Waals surface area contributed by atoms with Gasteiger partial charge in [-0.05, 0) is 62.4 Å². The molecule has 1 aliphatic rings. The lowest BCUT2D eigenvalue weighted by molar-refractivity contribution is -0.117. The van der Waals surface area contributed by atoms with E-state index in [1.54, 1.807) is 50.2 Å². The second kappa shape index (κ2) is 12.3. The summed E-state index contributed by atoms with van der Waals surface area (Å²) in [5, 5.41) is 3.19. The van der Waals surface area contributed by atoms with E-state index in [0.717, 1.165) is 18.2 Å². The van der Waals surface area contributed by atoms with E-state index in [4.69, 9.17) is 9.05 Å². The number of nitrogens with one attached hydrogen (secondary N) is 1. The highest BCUT2D eigenvalue weighted by Crippen LogP contribution is 2.46. The highest BCUT2D eigenvalue weighted by molar-refractivity contribution is 7.90. The van der Waals surface area contributed by atoms with Crippen molar-refractivity contribution in [3.05, 3.63) is 48.2 Å². The molecule has 8 nitrogen and oxygen atoms in total. The highest BCUT2D eigenvalue weighted by Gasteiger charge is 2.28. The first-order valence-corrected chi connectivity index (χ1v) is 15.6. The van der Waals surface area contributed by atoms with Gasteiger partial charge in [0.05, 0.1) is 29.3 Å². The lowest BCUT2D eigenvalue weighted by Gasteiger charge is -2.20. The predicted molar refractivity (Wildman–Crippen MR) is 137 cm³/mol. The van der Waals surface area contributed by atoms with Crippen molar-refractivity contribution in [2.45, 2.75) is 63.2 Å². The first-order chi connectivity index (χ1) is 16.7. The monoisotopic (exact) mass is 522 g/mol. The van der Waals surface area contributed by atoms with Crippen molar-refractivity contribution in [3.8, 4) is 0 Å². The van der Waals surface area contributed by atoms with Gasteiger partial charge in [0.2, 0.25) is 5.91 Å². The number of rotatable bonds is 12. The SMILES string of the molecule is CCOP(=O)(OCC)c1ccc(NC(=O)[C@H](CCC2CCCC2)c2ccc(S(C)(=O)=O)cc2)nc1. The smallest absolute Gasteiger partial charge is 0.310 e. The summed E-state index contributed by atoms with van der Waals surface area (Å²) in [6, 6.07) is 9.69. The number of hydrogen-bond acceptors (Lipinski definition) is 7. The molecule has 1 aromatic carbocycles.